The van der Waals surface area contributed by atoms with Crippen molar-refractivity contribution >= 4 is 58.3 Å². The minimum absolute atomic E-state index is 0.00864. The fourth-order valence-corrected chi connectivity index (χ4v) is 10.0. The van der Waals surface area contributed by atoms with E-state index in [4.69, 9.17) is 9.79 Å². The van der Waals surface area contributed by atoms with E-state index < -0.39 is 48.1 Å². The van der Waals surface area contributed by atoms with Gasteiger partial charge in [0.2, 0.25) is 17.7 Å². The number of nitrogens with zero attached hydrogens (tertiary/aromatic N) is 3. The number of fused-ring (bicyclic) bond motifs is 5. The molecule has 1 aliphatic carbocycles. The highest BCUT2D eigenvalue weighted by molar-refractivity contribution is 7.52. The summed E-state index contributed by atoms with van der Waals surface area (Å²) < 4.78 is 40.6. The second kappa shape index (κ2) is 11.4. The Bertz CT molecular complexity index is 2080. The third-order valence-corrected chi connectivity index (χ3v) is 13.4. The van der Waals surface area contributed by atoms with Gasteiger partial charge >= 0.3 is 13.3 Å². The van der Waals surface area contributed by atoms with Gasteiger partial charge < -0.3 is 30.2 Å². The van der Waals surface area contributed by atoms with E-state index in [0.29, 0.717) is 41.1 Å². The molecule has 4 amide bonds. The Kier molecular flexibility index (Phi) is 7.51. The van der Waals surface area contributed by atoms with Gasteiger partial charge in [0.15, 0.2) is 0 Å². The third kappa shape index (κ3) is 4.98. The number of likely N-dealkylation sites (tertiary alicyclic amines) is 1. The number of anilines is 1. The van der Waals surface area contributed by atoms with Crippen molar-refractivity contribution in [2.75, 3.05) is 18.4 Å². The lowest BCUT2D eigenvalue weighted by Gasteiger charge is -2.36. The van der Waals surface area contributed by atoms with E-state index in [-0.39, 0.29) is 53.0 Å². The first-order chi connectivity index (χ1) is 23.7. The number of para-hydroxylation sites is 1. The van der Waals surface area contributed by atoms with Gasteiger partial charge in [-0.3, -0.25) is 23.7 Å². The zero-order valence-electron chi connectivity index (χ0n) is 26.4. The van der Waals surface area contributed by atoms with E-state index >= 15 is 0 Å². The second-order valence-corrected chi connectivity index (χ2v) is 16.8. The van der Waals surface area contributed by atoms with Crippen molar-refractivity contribution < 1.29 is 42.3 Å². The molecule has 3 saturated heterocycles. The van der Waals surface area contributed by atoms with Crippen molar-refractivity contribution in [1.82, 2.24) is 15.1 Å². The maximum Gasteiger partial charge on any atom is 0.399 e. The summed E-state index contributed by atoms with van der Waals surface area (Å²) in [7, 11) is -5.79. The fraction of sp³-hybridized carbons (Fsp3) is 0.441. The molecule has 2 aromatic carbocycles. The van der Waals surface area contributed by atoms with Crippen molar-refractivity contribution in [2.24, 2.45) is 17.8 Å². The van der Waals surface area contributed by atoms with Crippen LogP contribution in [-0.2, 0) is 30.0 Å². The lowest BCUT2D eigenvalue weighted by Crippen LogP contribution is -2.57. The fourth-order valence-electron chi connectivity index (χ4n) is 8.59. The van der Waals surface area contributed by atoms with Crippen LogP contribution in [0.3, 0.4) is 0 Å². The van der Waals surface area contributed by atoms with Gasteiger partial charge in [-0.05, 0) is 79.2 Å². The van der Waals surface area contributed by atoms with Crippen LogP contribution in [0.15, 0.2) is 48.5 Å². The van der Waals surface area contributed by atoms with Crippen LogP contribution in [-0.4, -0.2) is 74.4 Å². The second-order valence-electron chi connectivity index (χ2n) is 14.1. The number of thiophene rings is 1. The average Bonchev–Trinajstić information content (AvgIpc) is 3.46. The van der Waals surface area contributed by atoms with E-state index in [1.807, 2.05) is 0 Å². The van der Waals surface area contributed by atoms with Crippen molar-refractivity contribution in [1.29, 1.82) is 5.26 Å². The van der Waals surface area contributed by atoms with Gasteiger partial charge in [-0.1, -0.05) is 24.3 Å². The van der Waals surface area contributed by atoms with Crippen LogP contribution < -0.4 is 10.6 Å². The number of nitriles is 1. The summed E-state index contributed by atoms with van der Waals surface area (Å²) in [6.45, 7) is 0.0492. The molecule has 5 heterocycles. The van der Waals surface area contributed by atoms with Crippen molar-refractivity contribution in [3.05, 3.63) is 64.5 Å². The summed E-state index contributed by atoms with van der Waals surface area (Å²) >= 11 is 0.995. The number of alkyl halides is 2. The van der Waals surface area contributed by atoms with Crippen LogP contribution in [0.5, 0.6) is 0 Å². The zero-order chi connectivity index (χ0) is 35.3. The molecule has 1 aromatic heterocycles. The summed E-state index contributed by atoms with van der Waals surface area (Å²) in [6, 6.07) is 11.9. The minimum Gasteiger partial charge on any atom is -0.340 e. The van der Waals surface area contributed by atoms with E-state index in [1.165, 1.54) is 17.0 Å². The van der Waals surface area contributed by atoms with Crippen molar-refractivity contribution in [3.8, 4) is 6.07 Å². The van der Waals surface area contributed by atoms with Crippen LogP contribution in [0, 0.1) is 29.1 Å². The third-order valence-electron chi connectivity index (χ3n) is 11.2. The molecule has 0 radical (unpaired) electrons. The molecule has 5 aliphatic rings. The molecule has 12 nitrogen and oxygen atoms in total. The van der Waals surface area contributed by atoms with Crippen LogP contribution in [0.2, 0.25) is 0 Å². The number of halogens is 2. The number of hydrogen-bond donors (Lipinski definition) is 4. The maximum atomic E-state index is 14.4. The molecule has 4 fully saturated rings. The summed E-state index contributed by atoms with van der Waals surface area (Å²) in [5.41, 5.74) is -5.21. The van der Waals surface area contributed by atoms with Gasteiger partial charge in [-0.25, -0.2) is 0 Å². The van der Waals surface area contributed by atoms with Gasteiger partial charge in [0.1, 0.15) is 17.5 Å². The Balaban J connectivity index is 1.04. The summed E-state index contributed by atoms with van der Waals surface area (Å²) in [5.74, 6) is -1.86. The number of benzene rings is 2. The van der Waals surface area contributed by atoms with Crippen LogP contribution in [0.4, 0.5) is 14.5 Å². The van der Waals surface area contributed by atoms with Gasteiger partial charge in [-0.15, -0.1) is 11.3 Å². The van der Waals surface area contributed by atoms with Crippen LogP contribution in [0.25, 0.3) is 10.1 Å². The van der Waals surface area contributed by atoms with Crippen LogP contribution >= 0.6 is 18.9 Å². The Morgan fingerprint density at radius 1 is 1.08 bits per heavy atom. The molecule has 16 heteroatoms. The Labute approximate surface area is 288 Å². The highest BCUT2D eigenvalue weighted by Gasteiger charge is 2.60. The van der Waals surface area contributed by atoms with Gasteiger partial charge in [0.05, 0.1) is 16.9 Å². The van der Waals surface area contributed by atoms with Crippen molar-refractivity contribution in [2.45, 2.75) is 61.3 Å². The molecule has 4 aliphatic heterocycles. The lowest BCUT2D eigenvalue weighted by atomic mass is 9.74. The van der Waals surface area contributed by atoms with Crippen molar-refractivity contribution in [3.63, 3.8) is 0 Å². The first-order valence-corrected chi connectivity index (χ1v) is 18.9. The number of carbonyl (C=O) groups is 4. The standard InChI is InChI=1S/C34H32F2N5O7PS/c35-34(36,49(46,47)48)20-5-8-27-19(10-20)13-28(50-27)29(42)38-25-12-18-9-17(18)11-22-6-7-26(41(22)30(25)43)31(44)40-15-21(14-37)33(16-40)23-3-1-2-4-24(23)39-32(33)45/h1-5,8,10,13,17-18,21-22,25-26H,6-7,9,11-12,15-16H2,(H,38,42)(H,39,45)(H2,46,47,48)/t17-,18+,21+,22-,25?,26+,33-/m1/s1. The molecule has 1 saturated carbocycles. The van der Waals surface area contributed by atoms with E-state index in [9.17, 15) is 37.8 Å². The normalized spacial score (nSPS) is 30.3. The topological polar surface area (TPSA) is 180 Å². The molecule has 260 valence electrons. The highest BCUT2D eigenvalue weighted by atomic mass is 32.1. The zero-order valence-corrected chi connectivity index (χ0v) is 28.1. The monoisotopic (exact) mass is 723 g/mol. The summed E-state index contributed by atoms with van der Waals surface area (Å²) in [6.07, 6.45) is 3.04. The van der Waals surface area contributed by atoms with Gasteiger partial charge in [0, 0.05) is 35.1 Å². The molecular formula is C34H32F2N5O7PS. The Morgan fingerprint density at radius 2 is 1.84 bits per heavy atom. The van der Waals surface area contributed by atoms with E-state index in [1.54, 1.807) is 29.2 Å². The smallest absolute Gasteiger partial charge is 0.340 e. The SMILES string of the molecule is N#C[C@H]1CN(C(=O)[C@@H]2CC[C@@H]3C[C@H]4C[C@H]4CC(NC(=O)c4cc5cc(C(F)(F)P(=O)(O)O)ccc5s4)C(=O)N32)C[C@@]12C(=O)Nc1ccccc12. The number of amides is 4. The predicted molar refractivity (Wildman–Crippen MR) is 176 cm³/mol. The average molecular weight is 724 g/mol. The van der Waals surface area contributed by atoms with E-state index in [2.05, 4.69) is 16.7 Å². The van der Waals surface area contributed by atoms with Gasteiger partial charge in [0.25, 0.3) is 5.91 Å². The largest absolute Gasteiger partial charge is 0.399 e. The molecule has 50 heavy (non-hydrogen) atoms. The number of rotatable bonds is 5. The molecule has 3 aromatic rings. The molecule has 7 atom stereocenters. The van der Waals surface area contributed by atoms with E-state index in [0.717, 1.165) is 36.3 Å². The molecule has 0 bridgehead atoms. The first-order valence-electron chi connectivity index (χ1n) is 16.4. The van der Waals surface area contributed by atoms with Gasteiger partial charge in [-0.2, -0.15) is 14.0 Å². The predicted octanol–water partition coefficient (Wildman–Crippen LogP) is 3.89. The Morgan fingerprint density at radius 3 is 2.60 bits per heavy atom. The first kappa shape index (κ1) is 33.0. The molecule has 8 rings (SSSR count). The number of carbonyl (C=O) groups excluding carboxylic acids is 4. The minimum atomic E-state index is -5.79. The maximum absolute atomic E-state index is 14.4. The quantitative estimate of drug-likeness (QED) is 0.286. The Hall–Kier alpha value is -4.22. The van der Waals surface area contributed by atoms with Crippen LogP contribution in [0.1, 0.15) is 52.9 Å². The molecule has 4 N–H and O–H groups in total. The highest BCUT2D eigenvalue weighted by Crippen LogP contribution is 2.59. The molecular weight excluding hydrogens is 691 g/mol. The summed E-state index contributed by atoms with van der Waals surface area (Å²) in [4.78, 5) is 77.1. The number of nitrogens with one attached hydrogen (secondary N) is 2. The molecule has 1 spiro atoms. The summed E-state index contributed by atoms with van der Waals surface area (Å²) in [5, 5.41) is 16.0. The molecule has 1 unspecified atom stereocenters. The number of hydrogen-bond acceptors (Lipinski definition) is 7. The lowest BCUT2D eigenvalue weighted by molar-refractivity contribution is -0.147.